The minimum Gasteiger partial charge on any atom is -0.506 e. The molecule has 0 heterocycles. The van der Waals surface area contributed by atoms with Gasteiger partial charge in [-0.3, -0.25) is 4.79 Å². The smallest absolute Gasteiger partial charge is 0.258 e. The SMILES string of the molecule is CCN(CC)C(=O)/C(=C(\O)c1c(C)cc(C)cc1C)c1c(C)cc(C)cc1C. The molecule has 0 unspecified atom stereocenters. The Morgan fingerprint density at radius 3 is 1.46 bits per heavy atom. The van der Waals surface area contributed by atoms with E-state index in [1.165, 1.54) is 0 Å². The molecule has 0 spiro atoms. The largest absolute Gasteiger partial charge is 0.506 e. The minimum absolute atomic E-state index is 0.0713. The van der Waals surface area contributed by atoms with Crippen LogP contribution in [0.2, 0.25) is 0 Å². The summed E-state index contributed by atoms with van der Waals surface area (Å²) in [5, 5.41) is 11.4. The Bertz CT molecular complexity index is 888. The number of benzene rings is 2. The molecular weight excluding hydrogens is 346 g/mol. The quantitative estimate of drug-likeness (QED) is 0.403. The summed E-state index contributed by atoms with van der Waals surface area (Å²) >= 11 is 0. The Morgan fingerprint density at radius 1 is 0.750 bits per heavy atom. The Balaban J connectivity index is 2.91. The number of hydrogen-bond acceptors (Lipinski definition) is 2. The molecule has 0 saturated heterocycles. The number of amides is 1. The molecule has 1 N–H and O–H groups in total. The van der Waals surface area contributed by atoms with E-state index in [2.05, 4.69) is 12.1 Å². The van der Waals surface area contributed by atoms with Gasteiger partial charge in [-0.25, -0.2) is 0 Å². The molecule has 0 bridgehead atoms. The van der Waals surface area contributed by atoms with Crippen LogP contribution in [0.4, 0.5) is 0 Å². The number of rotatable bonds is 5. The van der Waals surface area contributed by atoms with E-state index in [9.17, 15) is 9.90 Å². The maximum atomic E-state index is 13.5. The Labute approximate surface area is 169 Å². The predicted octanol–water partition coefficient (Wildman–Crippen LogP) is 5.83. The van der Waals surface area contributed by atoms with Gasteiger partial charge in [0, 0.05) is 18.7 Å². The maximum Gasteiger partial charge on any atom is 0.258 e. The standard InChI is InChI=1S/C25H33NO2/c1-9-26(10-2)25(28)23(21-17(5)11-15(3)12-18(21)6)24(27)22-19(7)13-16(4)14-20(22)8/h11-14,27H,9-10H2,1-8H3/b24-23-. The molecule has 0 atom stereocenters. The van der Waals surface area contributed by atoms with Crippen molar-refractivity contribution >= 4 is 17.2 Å². The summed E-state index contributed by atoms with van der Waals surface area (Å²) in [5.74, 6) is -0.0566. The van der Waals surface area contributed by atoms with Crippen LogP contribution in [0.3, 0.4) is 0 Å². The fourth-order valence-corrected chi connectivity index (χ4v) is 4.25. The van der Waals surface area contributed by atoms with Crippen LogP contribution >= 0.6 is 0 Å². The molecule has 3 heteroatoms. The van der Waals surface area contributed by atoms with Gasteiger partial charge in [-0.05, 0) is 83.2 Å². The molecule has 0 radical (unpaired) electrons. The van der Waals surface area contributed by atoms with E-state index in [1.54, 1.807) is 4.90 Å². The van der Waals surface area contributed by atoms with Gasteiger partial charge < -0.3 is 10.0 Å². The monoisotopic (exact) mass is 379 g/mol. The molecule has 2 aromatic rings. The average Bonchev–Trinajstić information content (AvgIpc) is 2.57. The summed E-state index contributed by atoms with van der Waals surface area (Å²) in [6.45, 7) is 17.2. The van der Waals surface area contributed by atoms with Crippen LogP contribution in [-0.2, 0) is 4.79 Å². The van der Waals surface area contributed by atoms with Crippen molar-refractivity contribution in [3.8, 4) is 0 Å². The van der Waals surface area contributed by atoms with E-state index in [1.807, 2.05) is 67.5 Å². The first kappa shape index (κ1) is 21.7. The summed E-state index contributed by atoms with van der Waals surface area (Å²) in [6, 6.07) is 8.24. The highest BCUT2D eigenvalue weighted by atomic mass is 16.3. The number of likely N-dealkylation sites (N-methyl/N-ethyl adjacent to an activating group) is 1. The Morgan fingerprint density at radius 2 is 1.11 bits per heavy atom. The molecule has 2 rings (SSSR count). The van der Waals surface area contributed by atoms with Crippen molar-refractivity contribution in [1.82, 2.24) is 4.90 Å². The van der Waals surface area contributed by atoms with Gasteiger partial charge in [0.05, 0.1) is 5.57 Å². The first-order valence-corrected chi connectivity index (χ1v) is 10.0. The Hall–Kier alpha value is -2.55. The number of carbonyl (C=O) groups is 1. The van der Waals surface area contributed by atoms with Crippen LogP contribution < -0.4 is 0 Å². The van der Waals surface area contributed by atoms with Crippen LogP contribution in [0, 0.1) is 41.5 Å². The molecule has 1 amide bonds. The van der Waals surface area contributed by atoms with Crippen LogP contribution in [-0.4, -0.2) is 29.0 Å². The minimum atomic E-state index is -0.128. The first-order valence-electron chi connectivity index (χ1n) is 10.0. The lowest BCUT2D eigenvalue weighted by molar-refractivity contribution is -0.124. The molecule has 2 aromatic carbocycles. The van der Waals surface area contributed by atoms with E-state index < -0.39 is 0 Å². The second kappa shape index (κ2) is 8.64. The number of aryl methyl sites for hydroxylation is 6. The third kappa shape index (κ3) is 4.14. The highest BCUT2D eigenvalue weighted by Crippen LogP contribution is 2.34. The highest BCUT2D eigenvalue weighted by Gasteiger charge is 2.27. The Kier molecular flexibility index (Phi) is 6.71. The lowest BCUT2D eigenvalue weighted by Crippen LogP contribution is -2.32. The molecule has 3 nitrogen and oxygen atoms in total. The summed E-state index contributed by atoms with van der Waals surface area (Å²) in [4.78, 5) is 15.3. The summed E-state index contributed by atoms with van der Waals surface area (Å²) in [7, 11) is 0. The number of carbonyl (C=O) groups excluding carboxylic acids is 1. The fourth-order valence-electron chi connectivity index (χ4n) is 4.25. The van der Waals surface area contributed by atoms with Crippen molar-refractivity contribution in [2.24, 2.45) is 0 Å². The summed E-state index contributed by atoms with van der Waals surface area (Å²) in [5.41, 5.74) is 8.23. The van der Waals surface area contributed by atoms with Gasteiger partial charge in [-0.15, -0.1) is 0 Å². The van der Waals surface area contributed by atoms with Crippen molar-refractivity contribution in [2.45, 2.75) is 55.4 Å². The lowest BCUT2D eigenvalue weighted by Gasteiger charge is -2.24. The maximum absolute atomic E-state index is 13.5. The van der Waals surface area contributed by atoms with Gasteiger partial charge in [0.25, 0.3) is 5.91 Å². The van der Waals surface area contributed by atoms with Gasteiger partial charge >= 0.3 is 0 Å². The molecule has 150 valence electrons. The molecule has 0 fully saturated rings. The normalized spacial score (nSPS) is 12.0. The van der Waals surface area contributed by atoms with Crippen molar-refractivity contribution in [2.75, 3.05) is 13.1 Å². The van der Waals surface area contributed by atoms with Crippen molar-refractivity contribution < 1.29 is 9.90 Å². The number of nitrogens with zero attached hydrogens (tertiary/aromatic N) is 1. The van der Waals surface area contributed by atoms with Crippen molar-refractivity contribution in [3.05, 3.63) is 68.8 Å². The van der Waals surface area contributed by atoms with Crippen LogP contribution in [0.5, 0.6) is 0 Å². The molecule has 0 aliphatic carbocycles. The summed E-state index contributed by atoms with van der Waals surface area (Å²) < 4.78 is 0. The fraction of sp³-hybridized carbons (Fsp3) is 0.400. The zero-order valence-electron chi connectivity index (χ0n) is 18.5. The van der Waals surface area contributed by atoms with Gasteiger partial charge in [0.15, 0.2) is 0 Å². The topological polar surface area (TPSA) is 40.5 Å². The van der Waals surface area contributed by atoms with Gasteiger partial charge in [0.2, 0.25) is 0 Å². The molecule has 28 heavy (non-hydrogen) atoms. The third-order valence-electron chi connectivity index (χ3n) is 5.34. The second-order valence-corrected chi connectivity index (χ2v) is 7.75. The van der Waals surface area contributed by atoms with Crippen LogP contribution in [0.1, 0.15) is 58.4 Å². The zero-order chi connectivity index (χ0) is 21.2. The van der Waals surface area contributed by atoms with E-state index in [-0.39, 0.29) is 11.7 Å². The predicted molar refractivity (Wildman–Crippen MR) is 119 cm³/mol. The average molecular weight is 380 g/mol. The molecule has 0 aliphatic rings. The number of aliphatic hydroxyl groups excluding tert-OH is 1. The second-order valence-electron chi connectivity index (χ2n) is 7.75. The molecule has 0 aliphatic heterocycles. The van der Waals surface area contributed by atoms with Gasteiger partial charge in [-0.2, -0.15) is 0 Å². The van der Waals surface area contributed by atoms with E-state index in [4.69, 9.17) is 0 Å². The molecule has 0 saturated carbocycles. The number of hydrogen-bond donors (Lipinski definition) is 1. The van der Waals surface area contributed by atoms with Crippen LogP contribution in [0.15, 0.2) is 24.3 Å². The lowest BCUT2D eigenvalue weighted by atomic mass is 9.88. The third-order valence-corrected chi connectivity index (χ3v) is 5.34. The van der Waals surface area contributed by atoms with Gasteiger partial charge in [0.1, 0.15) is 5.76 Å². The van der Waals surface area contributed by atoms with Crippen LogP contribution in [0.25, 0.3) is 11.3 Å². The van der Waals surface area contributed by atoms with Crippen molar-refractivity contribution in [1.29, 1.82) is 0 Å². The number of aliphatic hydroxyl groups is 1. The summed E-state index contributed by atoms with van der Waals surface area (Å²) in [6.07, 6.45) is 0. The molecule has 0 aromatic heterocycles. The highest BCUT2D eigenvalue weighted by molar-refractivity contribution is 6.26. The molecular formula is C25H33NO2. The first-order chi connectivity index (χ1) is 13.1. The van der Waals surface area contributed by atoms with E-state index in [0.29, 0.717) is 18.7 Å². The van der Waals surface area contributed by atoms with Crippen molar-refractivity contribution in [3.63, 3.8) is 0 Å². The zero-order valence-corrected chi connectivity index (χ0v) is 18.5. The van der Waals surface area contributed by atoms with E-state index >= 15 is 0 Å². The van der Waals surface area contributed by atoms with E-state index in [0.717, 1.165) is 44.5 Å². The van der Waals surface area contributed by atoms with Gasteiger partial charge in [-0.1, -0.05) is 35.4 Å².